The summed E-state index contributed by atoms with van der Waals surface area (Å²) >= 11 is -0.0464. The van der Waals surface area contributed by atoms with Crippen LogP contribution in [0.2, 0.25) is 0 Å². The summed E-state index contributed by atoms with van der Waals surface area (Å²) < 4.78 is 6.63. The van der Waals surface area contributed by atoms with Gasteiger partial charge in [-0.2, -0.15) is 0 Å². The first-order valence-corrected chi connectivity index (χ1v) is 6.00. The molecule has 11 heavy (non-hydrogen) atoms. The van der Waals surface area contributed by atoms with Crippen LogP contribution in [0.15, 0.2) is 24.7 Å². The minimum absolute atomic E-state index is 0.0464. The Morgan fingerprint density at radius 2 is 2.45 bits per heavy atom. The van der Waals surface area contributed by atoms with Crippen molar-refractivity contribution in [2.24, 2.45) is 3.15 Å². The molecule has 0 saturated heterocycles. The van der Waals surface area contributed by atoms with Crippen LogP contribution in [0, 0.1) is 0 Å². The van der Waals surface area contributed by atoms with Crippen molar-refractivity contribution in [2.45, 2.75) is 20.3 Å². The lowest BCUT2D eigenvalue weighted by Crippen LogP contribution is -2.13. The van der Waals surface area contributed by atoms with Gasteiger partial charge in [0.1, 0.15) is 5.82 Å². The number of allylic oxidation sites excluding steroid dienone is 2. The highest BCUT2D eigenvalue weighted by Crippen LogP contribution is 2.18. The van der Waals surface area contributed by atoms with Gasteiger partial charge in [-0.3, -0.25) is 0 Å². The molecule has 0 spiro atoms. The van der Waals surface area contributed by atoms with E-state index in [1.807, 2.05) is 0 Å². The van der Waals surface area contributed by atoms with E-state index in [0.717, 1.165) is 18.8 Å². The van der Waals surface area contributed by atoms with Crippen LogP contribution in [-0.2, 0) is 0 Å². The Labute approximate surface area is 77.9 Å². The molecule has 0 saturated carbocycles. The Morgan fingerprint density at radius 3 is 3.09 bits per heavy atom. The van der Waals surface area contributed by atoms with E-state index in [2.05, 4.69) is 32.5 Å². The highest BCUT2D eigenvalue weighted by atomic mass is 127. The Morgan fingerprint density at radius 1 is 1.64 bits per heavy atom. The van der Waals surface area contributed by atoms with Crippen LogP contribution < -0.4 is 5.32 Å². The molecule has 1 aliphatic rings. The van der Waals surface area contributed by atoms with Crippen LogP contribution in [0.3, 0.4) is 0 Å². The molecule has 1 aliphatic heterocycles. The van der Waals surface area contributed by atoms with Gasteiger partial charge in [0, 0.05) is 27.6 Å². The fraction of sp³-hybridized carbons (Fsp3) is 0.500. The molecule has 1 rings (SSSR count). The number of rotatable bonds is 3. The van der Waals surface area contributed by atoms with Gasteiger partial charge in [-0.15, -0.1) is 0 Å². The molecule has 0 aromatic carbocycles. The lowest BCUT2D eigenvalue weighted by molar-refractivity contribution is 0.759. The quantitative estimate of drug-likeness (QED) is 0.779. The van der Waals surface area contributed by atoms with Crippen molar-refractivity contribution in [1.82, 2.24) is 5.32 Å². The van der Waals surface area contributed by atoms with Gasteiger partial charge in [-0.25, -0.2) is 3.15 Å². The molecule has 1 heterocycles. The van der Waals surface area contributed by atoms with Crippen LogP contribution >= 0.6 is 21.0 Å². The lowest BCUT2D eigenvalue weighted by Gasteiger charge is -2.08. The minimum atomic E-state index is -0.0464. The zero-order chi connectivity index (χ0) is 8.10. The van der Waals surface area contributed by atoms with E-state index in [9.17, 15) is 0 Å². The van der Waals surface area contributed by atoms with Crippen molar-refractivity contribution in [3.05, 3.63) is 21.6 Å². The largest absolute Gasteiger partial charge is 0.370 e. The topological polar surface area (TPSA) is 24.4 Å². The SMILES string of the molecule is CCCNC1=C(C)C=CI=N1. The van der Waals surface area contributed by atoms with E-state index < -0.39 is 0 Å². The van der Waals surface area contributed by atoms with E-state index >= 15 is 0 Å². The second-order valence-electron chi connectivity index (χ2n) is 2.43. The Bertz CT molecular complexity index is 216. The molecule has 0 aliphatic carbocycles. The number of hydrogen-bond acceptors (Lipinski definition) is 2. The van der Waals surface area contributed by atoms with Crippen molar-refractivity contribution >= 4 is 21.0 Å². The van der Waals surface area contributed by atoms with Crippen LogP contribution in [0.5, 0.6) is 0 Å². The molecule has 1 N–H and O–H groups in total. The van der Waals surface area contributed by atoms with E-state index in [1.54, 1.807) is 0 Å². The molecule has 0 fully saturated rings. The highest BCUT2D eigenvalue weighted by molar-refractivity contribution is 14.2. The molecule has 0 unspecified atom stereocenters. The summed E-state index contributed by atoms with van der Waals surface area (Å²) in [6, 6.07) is 0. The maximum absolute atomic E-state index is 4.44. The van der Waals surface area contributed by atoms with Gasteiger partial charge in [-0.1, -0.05) is 6.92 Å². The van der Waals surface area contributed by atoms with Gasteiger partial charge < -0.3 is 5.32 Å². The van der Waals surface area contributed by atoms with Gasteiger partial charge in [0.25, 0.3) is 0 Å². The Kier molecular flexibility index (Phi) is 3.76. The Hall–Kier alpha value is -0.190. The maximum Gasteiger partial charge on any atom is 0.134 e. The summed E-state index contributed by atoms with van der Waals surface area (Å²) in [5.74, 6) is 1.11. The average Bonchev–Trinajstić information content (AvgIpc) is 2.03. The molecule has 0 radical (unpaired) electrons. The lowest BCUT2D eigenvalue weighted by atomic mass is 10.3. The Balaban J connectivity index is 2.55. The molecule has 0 amide bonds. The summed E-state index contributed by atoms with van der Waals surface area (Å²) in [4.78, 5) is 0. The van der Waals surface area contributed by atoms with Crippen LogP contribution in [0.1, 0.15) is 20.3 Å². The number of nitrogens with zero attached hydrogens (tertiary/aromatic N) is 1. The summed E-state index contributed by atoms with van der Waals surface area (Å²) in [7, 11) is 0. The summed E-state index contributed by atoms with van der Waals surface area (Å²) in [5, 5.41) is 3.31. The van der Waals surface area contributed by atoms with E-state index in [-0.39, 0.29) is 21.0 Å². The number of hydrogen-bond donors (Lipinski definition) is 1. The molecular formula is C8H13IN2. The molecular weight excluding hydrogens is 251 g/mol. The molecule has 0 bridgehead atoms. The summed E-state index contributed by atoms with van der Waals surface area (Å²) in [6.45, 7) is 5.30. The van der Waals surface area contributed by atoms with Crippen molar-refractivity contribution in [3.63, 3.8) is 0 Å². The molecule has 0 atom stereocenters. The second kappa shape index (κ2) is 4.64. The number of halogens is 1. The van der Waals surface area contributed by atoms with Crippen LogP contribution in [-0.4, -0.2) is 6.54 Å². The van der Waals surface area contributed by atoms with Gasteiger partial charge in [0.15, 0.2) is 0 Å². The van der Waals surface area contributed by atoms with E-state index in [0.29, 0.717) is 0 Å². The van der Waals surface area contributed by atoms with Gasteiger partial charge in [0.2, 0.25) is 0 Å². The maximum atomic E-state index is 4.44. The molecule has 2 nitrogen and oxygen atoms in total. The van der Waals surface area contributed by atoms with E-state index in [1.165, 1.54) is 5.57 Å². The second-order valence-corrected chi connectivity index (χ2v) is 4.19. The van der Waals surface area contributed by atoms with Crippen molar-refractivity contribution < 1.29 is 0 Å². The van der Waals surface area contributed by atoms with Crippen molar-refractivity contribution in [1.29, 1.82) is 0 Å². The molecule has 0 aromatic rings. The van der Waals surface area contributed by atoms with E-state index in [4.69, 9.17) is 0 Å². The molecule has 0 aromatic heterocycles. The van der Waals surface area contributed by atoms with Crippen molar-refractivity contribution in [2.75, 3.05) is 6.54 Å². The monoisotopic (exact) mass is 264 g/mol. The van der Waals surface area contributed by atoms with Crippen LogP contribution in [0.4, 0.5) is 0 Å². The predicted molar refractivity (Wildman–Crippen MR) is 56.6 cm³/mol. The minimum Gasteiger partial charge on any atom is -0.370 e. The third-order valence-corrected chi connectivity index (χ3v) is 2.86. The van der Waals surface area contributed by atoms with Crippen LogP contribution in [0.25, 0.3) is 0 Å². The first-order valence-electron chi connectivity index (χ1n) is 3.79. The number of nitrogens with one attached hydrogen (secondary N) is 1. The summed E-state index contributed by atoms with van der Waals surface area (Å²) in [6.07, 6.45) is 3.33. The third kappa shape index (κ3) is 2.73. The van der Waals surface area contributed by atoms with Gasteiger partial charge in [-0.05, 0) is 29.1 Å². The standard InChI is InChI=1S/C8H13IN2/c1-3-6-10-8-7(2)4-5-9-11-8/h4-5H,3,6H2,1-2H3,(H,10,11). The molecule has 62 valence electrons. The normalized spacial score (nSPS) is 16.5. The third-order valence-electron chi connectivity index (χ3n) is 1.42. The highest BCUT2D eigenvalue weighted by Gasteiger charge is 1.98. The average molecular weight is 264 g/mol. The van der Waals surface area contributed by atoms with Gasteiger partial charge in [0.05, 0.1) is 0 Å². The zero-order valence-electron chi connectivity index (χ0n) is 6.89. The fourth-order valence-electron chi connectivity index (χ4n) is 0.758. The smallest absolute Gasteiger partial charge is 0.134 e. The van der Waals surface area contributed by atoms with Crippen molar-refractivity contribution in [3.8, 4) is 0 Å². The zero-order valence-corrected chi connectivity index (χ0v) is 9.05. The predicted octanol–water partition coefficient (Wildman–Crippen LogP) is 2.90. The summed E-state index contributed by atoms with van der Waals surface area (Å²) in [5.41, 5.74) is 1.27. The first kappa shape index (κ1) is 8.90. The van der Waals surface area contributed by atoms with Gasteiger partial charge >= 0.3 is 0 Å². The first-order chi connectivity index (χ1) is 5.34. The molecule has 3 heteroatoms. The fourth-order valence-corrected chi connectivity index (χ4v) is 2.45.